The summed E-state index contributed by atoms with van der Waals surface area (Å²) in [6.45, 7) is 2.44. The molecule has 2 aliphatic heterocycles. The van der Waals surface area contributed by atoms with Crippen molar-refractivity contribution in [1.29, 1.82) is 0 Å². The van der Waals surface area contributed by atoms with Crippen LogP contribution in [0.2, 0.25) is 0 Å². The minimum atomic E-state index is -3.40. The first-order valence-corrected chi connectivity index (χ1v) is 9.94. The quantitative estimate of drug-likeness (QED) is 0.830. The molecule has 0 amide bonds. The van der Waals surface area contributed by atoms with Gasteiger partial charge in [0.05, 0.1) is 5.75 Å². The number of nitrogens with zero attached hydrogens (tertiary/aromatic N) is 2. The van der Waals surface area contributed by atoms with Gasteiger partial charge >= 0.3 is 0 Å². The maximum Gasteiger partial charge on any atom is 0.256 e. The van der Waals surface area contributed by atoms with Gasteiger partial charge in [0, 0.05) is 18.3 Å². The van der Waals surface area contributed by atoms with E-state index in [-0.39, 0.29) is 5.75 Å². The van der Waals surface area contributed by atoms with Crippen LogP contribution in [-0.4, -0.2) is 31.5 Å². The lowest BCUT2D eigenvalue weighted by atomic mass is 10.0. The Kier molecular flexibility index (Phi) is 4.12. The minimum absolute atomic E-state index is 0.0391. The molecule has 0 saturated heterocycles. The molecule has 4 rings (SSSR count). The normalized spacial score (nSPS) is 18.0. The second-order valence-electron chi connectivity index (χ2n) is 6.26. The molecule has 2 heterocycles. The smallest absolute Gasteiger partial charge is 0.256 e. The lowest BCUT2D eigenvalue weighted by Crippen LogP contribution is -2.37. The molecule has 0 spiro atoms. The number of sulfonamides is 1. The summed E-state index contributed by atoms with van der Waals surface area (Å²) in [4.78, 5) is 1.87. The highest BCUT2D eigenvalue weighted by atomic mass is 32.2. The molecule has 0 radical (unpaired) electrons. The highest BCUT2D eigenvalue weighted by molar-refractivity contribution is 7.90. The van der Waals surface area contributed by atoms with E-state index < -0.39 is 10.0 Å². The summed E-state index contributed by atoms with van der Waals surface area (Å²) in [5.74, 6) is 2.02. The Morgan fingerprint density at radius 3 is 2.65 bits per heavy atom. The standard InChI is InChI=1S/C20H18N2O3S/c1-15-4-2-5-18(14-15)25-17-9-7-16(8-10-17)19-6-3-11-22-12-13-26(23,24)21-20(19)22/h2-11,14H,12-13H2,1H3. The molecular weight excluding hydrogens is 348 g/mol. The van der Waals surface area contributed by atoms with Gasteiger partial charge in [-0.3, -0.25) is 0 Å². The average molecular weight is 366 g/mol. The Hall–Kier alpha value is -2.86. The zero-order valence-corrected chi connectivity index (χ0v) is 15.1. The molecule has 0 N–H and O–H groups in total. The Morgan fingerprint density at radius 2 is 1.88 bits per heavy atom. The molecule has 26 heavy (non-hydrogen) atoms. The molecule has 0 unspecified atom stereocenters. The third kappa shape index (κ3) is 3.41. The first-order valence-electron chi connectivity index (χ1n) is 8.33. The van der Waals surface area contributed by atoms with Crippen LogP contribution in [0.5, 0.6) is 11.5 Å². The topological polar surface area (TPSA) is 59.0 Å². The van der Waals surface area contributed by atoms with Crippen molar-refractivity contribution in [3.8, 4) is 11.5 Å². The zero-order valence-electron chi connectivity index (χ0n) is 14.3. The van der Waals surface area contributed by atoms with E-state index in [1.807, 2.05) is 78.7 Å². The maximum atomic E-state index is 11.9. The lowest BCUT2D eigenvalue weighted by molar-refractivity contribution is 0.482. The number of allylic oxidation sites excluding steroid dienone is 2. The van der Waals surface area contributed by atoms with E-state index in [1.54, 1.807) is 0 Å². The van der Waals surface area contributed by atoms with E-state index in [2.05, 4.69) is 4.40 Å². The minimum Gasteiger partial charge on any atom is -0.457 e. The van der Waals surface area contributed by atoms with Crippen LogP contribution in [-0.2, 0) is 10.0 Å². The van der Waals surface area contributed by atoms with Gasteiger partial charge in [-0.1, -0.05) is 24.3 Å². The molecule has 2 aromatic carbocycles. The van der Waals surface area contributed by atoms with Crippen molar-refractivity contribution in [2.24, 2.45) is 4.40 Å². The molecule has 0 atom stereocenters. The molecule has 2 aromatic rings. The molecule has 0 aromatic heterocycles. The number of amidine groups is 1. The largest absolute Gasteiger partial charge is 0.457 e. The summed E-state index contributed by atoms with van der Waals surface area (Å²) in [6, 6.07) is 15.4. The summed E-state index contributed by atoms with van der Waals surface area (Å²) in [5.41, 5.74) is 2.82. The molecule has 0 bridgehead atoms. The van der Waals surface area contributed by atoms with Gasteiger partial charge in [-0.25, -0.2) is 8.42 Å². The molecule has 0 saturated carbocycles. The number of ether oxygens (including phenoxy) is 1. The Labute approximate surface area is 153 Å². The SMILES string of the molecule is Cc1cccc(Oc2ccc(C3=CC=CN4CCS(=O)(=O)N=C34)cc2)c1. The third-order valence-electron chi connectivity index (χ3n) is 4.25. The van der Waals surface area contributed by atoms with Crippen LogP contribution in [0.1, 0.15) is 11.1 Å². The molecular formula is C20H18N2O3S. The average Bonchev–Trinajstić information content (AvgIpc) is 2.61. The van der Waals surface area contributed by atoms with Crippen LogP contribution in [0.3, 0.4) is 0 Å². The van der Waals surface area contributed by atoms with Crippen LogP contribution in [0.25, 0.3) is 5.57 Å². The highest BCUT2D eigenvalue weighted by Crippen LogP contribution is 2.28. The predicted molar refractivity (Wildman–Crippen MR) is 103 cm³/mol. The van der Waals surface area contributed by atoms with E-state index >= 15 is 0 Å². The van der Waals surface area contributed by atoms with Crippen LogP contribution in [0.15, 0.2) is 71.3 Å². The summed E-state index contributed by atoms with van der Waals surface area (Å²) < 4.78 is 33.6. The zero-order chi connectivity index (χ0) is 18.1. The maximum absolute atomic E-state index is 11.9. The van der Waals surface area contributed by atoms with Gasteiger partial charge in [0.15, 0.2) is 5.84 Å². The second kappa shape index (κ2) is 6.46. The summed E-state index contributed by atoms with van der Waals surface area (Å²) in [7, 11) is -3.40. The van der Waals surface area contributed by atoms with Gasteiger partial charge in [-0.2, -0.15) is 0 Å². The van der Waals surface area contributed by atoms with Crippen LogP contribution >= 0.6 is 0 Å². The molecule has 0 fully saturated rings. The van der Waals surface area contributed by atoms with E-state index in [0.717, 1.165) is 28.2 Å². The second-order valence-corrected chi connectivity index (χ2v) is 8.01. The van der Waals surface area contributed by atoms with Crippen molar-refractivity contribution < 1.29 is 13.2 Å². The first-order chi connectivity index (χ1) is 12.5. The molecule has 6 heteroatoms. The predicted octanol–water partition coefficient (Wildman–Crippen LogP) is 3.74. The number of aryl methyl sites for hydroxylation is 1. The van der Waals surface area contributed by atoms with Crippen molar-refractivity contribution in [2.75, 3.05) is 12.3 Å². The van der Waals surface area contributed by atoms with Crippen molar-refractivity contribution in [3.63, 3.8) is 0 Å². The number of benzene rings is 2. The number of hydrogen-bond donors (Lipinski definition) is 0. The third-order valence-corrected chi connectivity index (χ3v) is 5.40. The Morgan fingerprint density at radius 1 is 1.08 bits per heavy atom. The van der Waals surface area contributed by atoms with Crippen molar-refractivity contribution in [1.82, 2.24) is 4.90 Å². The first kappa shape index (κ1) is 16.6. The number of fused-ring (bicyclic) bond motifs is 1. The molecule has 5 nitrogen and oxygen atoms in total. The monoisotopic (exact) mass is 366 g/mol. The lowest BCUT2D eigenvalue weighted by Gasteiger charge is -2.29. The number of hydrogen-bond acceptors (Lipinski definition) is 4. The molecule has 132 valence electrons. The fraction of sp³-hybridized carbons (Fsp3) is 0.150. The summed E-state index contributed by atoms with van der Waals surface area (Å²) >= 11 is 0. The van der Waals surface area contributed by atoms with Crippen LogP contribution < -0.4 is 4.74 Å². The van der Waals surface area contributed by atoms with Crippen LogP contribution in [0.4, 0.5) is 0 Å². The summed E-state index contributed by atoms with van der Waals surface area (Å²) in [6.07, 6.45) is 5.64. The highest BCUT2D eigenvalue weighted by Gasteiger charge is 2.27. The van der Waals surface area contributed by atoms with Crippen molar-refractivity contribution in [2.45, 2.75) is 6.92 Å². The van der Waals surface area contributed by atoms with Gasteiger partial charge in [0.1, 0.15) is 11.5 Å². The van der Waals surface area contributed by atoms with E-state index in [1.165, 1.54) is 0 Å². The van der Waals surface area contributed by atoms with Gasteiger partial charge in [0.25, 0.3) is 10.0 Å². The Bertz CT molecular complexity index is 1030. The Balaban J connectivity index is 1.61. The molecule has 0 aliphatic carbocycles. The van der Waals surface area contributed by atoms with E-state index in [4.69, 9.17) is 4.74 Å². The van der Waals surface area contributed by atoms with Crippen molar-refractivity contribution >= 4 is 21.4 Å². The van der Waals surface area contributed by atoms with E-state index in [0.29, 0.717) is 12.4 Å². The van der Waals surface area contributed by atoms with E-state index in [9.17, 15) is 8.42 Å². The fourth-order valence-corrected chi connectivity index (χ4v) is 3.94. The fourth-order valence-electron chi connectivity index (χ4n) is 2.96. The van der Waals surface area contributed by atoms with Gasteiger partial charge in [0.2, 0.25) is 0 Å². The van der Waals surface area contributed by atoms with Gasteiger partial charge in [-0.05, 0) is 54.5 Å². The van der Waals surface area contributed by atoms with Crippen molar-refractivity contribution in [3.05, 3.63) is 78.0 Å². The van der Waals surface area contributed by atoms with Crippen LogP contribution in [0, 0.1) is 6.92 Å². The summed E-state index contributed by atoms with van der Waals surface area (Å²) in [5, 5.41) is 0. The molecule has 2 aliphatic rings. The number of rotatable bonds is 3. The van der Waals surface area contributed by atoms with Gasteiger partial charge in [-0.15, -0.1) is 4.40 Å². The van der Waals surface area contributed by atoms with Gasteiger partial charge < -0.3 is 9.64 Å².